The maximum absolute atomic E-state index is 13.0. The third-order valence-electron chi connectivity index (χ3n) is 6.14. The summed E-state index contributed by atoms with van der Waals surface area (Å²) in [6.45, 7) is 3.09. The van der Waals surface area contributed by atoms with E-state index in [9.17, 15) is 18.0 Å². The molecule has 2 aromatic carbocycles. The Labute approximate surface area is 199 Å². The Balaban J connectivity index is 1.35. The molecule has 2 amide bonds. The van der Waals surface area contributed by atoms with Gasteiger partial charge in [-0.05, 0) is 68.3 Å². The summed E-state index contributed by atoms with van der Waals surface area (Å²) in [5.74, 6) is 0.724. The smallest absolute Gasteiger partial charge is 0.251 e. The van der Waals surface area contributed by atoms with Gasteiger partial charge in [0.25, 0.3) is 5.91 Å². The number of imide groups is 1. The summed E-state index contributed by atoms with van der Waals surface area (Å²) < 4.78 is 37.9. The van der Waals surface area contributed by atoms with E-state index in [0.717, 1.165) is 0 Å². The van der Waals surface area contributed by atoms with Gasteiger partial charge < -0.3 is 14.8 Å². The summed E-state index contributed by atoms with van der Waals surface area (Å²) >= 11 is 0. The molecule has 9 nitrogen and oxygen atoms in total. The molecule has 4 rings (SSSR count). The Morgan fingerprint density at radius 3 is 2.18 bits per heavy atom. The van der Waals surface area contributed by atoms with Gasteiger partial charge in [-0.15, -0.1) is 0 Å². The van der Waals surface area contributed by atoms with Gasteiger partial charge in [0.2, 0.25) is 15.9 Å². The molecule has 0 unspecified atom stereocenters. The number of carbonyl (C=O) groups excluding carboxylic acids is 2. The Bertz CT molecular complexity index is 1130. The highest BCUT2D eigenvalue weighted by atomic mass is 32.2. The number of nitrogens with one attached hydrogen (secondary N) is 1. The second-order valence-electron chi connectivity index (χ2n) is 8.27. The first kappa shape index (κ1) is 24.2. The molecule has 0 radical (unpaired) electrons. The number of sulfonamides is 1. The van der Waals surface area contributed by atoms with Crippen LogP contribution in [0.3, 0.4) is 0 Å². The van der Waals surface area contributed by atoms with E-state index < -0.39 is 16.1 Å². The summed E-state index contributed by atoms with van der Waals surface area (Å²) in [6.07, 6.45) is 1.18. The first-order valence-corrected chi connectivity index (χ1v) is 12.8. The average molecular weight is 488 g/mol. The van der Waals surface area contributed by atoms with Crippen LogP contribution in [0.1, 0.15) is 26.2 Å². The van der Waals surface area contributed by atoms with Crippen LogP contribution in [0.5, 0.6) is 11.5 Å². The van der Waals surface area contributed by atoms with Crippen molar-refractivity contribution in [3.8, 4) is 11.5 Å². The zero-order valence-corrected chi connectivity index (χ0v) is 20.1. The first-order chi connectivity index (χ1) is 16.3. The van der Waals surface area contributed by atoms with E-state index in [1.165, 1.54) is 28.4 Å². The number of carbonyl (C=O) groups is 2. The van der Waals surface area contributed by atoms with Crippen molar-refractivity contribution in [1.29, 1.82) is 0 Å². The number of piperidine rings is 1. The summed E-state index contributed by atoms with van der Waals surface area (Å²) in [7, 11) is -2.07. The van der Waals surface area contributed by atoms with Crippen LogP contribution >= 0.6 is 0 Å². The lowest BCUT2D eigenvalue weighted by Gasteiger charge is -2.32. The van der Waals surface area contributed by atoms with Crippen LogP contribution < -0.4 is 19.7 Å². The number of hydrogen-bond donors (Lipinski definition) is 1. The third kappa shape index (κ3) is 4.94. The van der Waals surface area contributed by atoms with Gasteiger partial charge in [-0.25, -0.2) is 13.3 Å². The van der Waals surface area contributed by atoms with Gasteiger partial charge in [0.05, 0.1) is 36.8 Å². The molecule has 34 heavy (non-hydrogen) atoms. The van der Waals surface area contributed by atoms with Gasteiger partial charge in [-0.1, -0.05) is 0 Å². The number of hydrogen-bond acceptors (Lipinski definition) is 7. The first-order valence-electron chi connectivity index (χ1n) is 11.3. The molecule has 2 fully saturated rings. The van der Waals surface area contributed by atoms with Gasteiger partial charge in [0, 0.05) is 19.1 Å². The van der Waals surface area contributed by atoms with Gasteiger partial charge in [-0.2, -0.15) is 4.31 Å². The fourth-order valence-corrected chi connectivity index (χ4v) is 5.81. The predicted molar refractivity (Wildman–Crippen MR) is 126 cm³/mol. The van der Waals surface area contributed by atoms with Crippen LogP contribution in [0.2, 0.25) is 0 Å². The van der Waals surface area contributed by atoms with Crippen LogP contribution in [-0.2, 0) is 19.6 Å². The third-order valence-corrected chi connectivity index (χ3v) is 8.05. The van der Waals surface area contributed by atoms with Crippen molar-refractivity contribution in [2.75, 3.05) is 31.7 Å². The Morgan fingerprint density at radius 1 is 0.971 bits per heavy atom. The maximum atomic E-state index is 13.0. The predicted octanol–water partition coefficient (Wildman–Crippen LogP) is 2.17. The Morgan fingerprint density at radius 2 is 1.59 bits per heavy atom. The van der Waals surface area contributed by atoms with Crippen molar-refractivity contribution in [3.05, 3.63) is 48.5 Å². The van der Waals surface area contributed by atoms with E-state index in [-0.39, 0.29) is 29.2 Å². The number of nitrogens with zero attached hydrogens (tertiary/aromatic N) is 2. The summed E-state index contributed by atoms with van der Waals surface area (Å²) in [5, 5.41) is 3.28. The second-order valence-corrected chi connectivity index (χ2v) is 10.2. The van der Waals surface area contributed by atoms with E-state index in [0.29, 0.717) is 49.7 Å². The van der Waals surface area contributed by atoms with Crippen LogP contribution in [0.4, 0.5) is 5.69 Å². The molecule has 2 aliphatic rings. The summed E-state index contributed by atoms with van der Waals surface area (Å²) in [4.78, 5) is 27.0. The van der Waals surface area contributed by atoms with Crippen LogP contribution in [0.25, 0.3) is 0 Å². The molecule has 0 saturated carbocycles. The van der Waals surface area contributed by atoms with Gasteiger partial charge >= 0.3 is 0 Å². The van der Waals surface area contributed by atoms with Gasteiger partial charge in [0.15, 0.2) is 0 Å². The van der Waals surface area contributed by atoms with Crippen molar-refractivity contribution in [1.82, 2.24) is 9.62 Å². The van der Waals surface area contributed by atoms with Crippen molar-refractivity contribution >= 4 is 27.5 Å². The topological polar surface area (TPSA) is 105 Å². The van der Waals surface area contributed by atoms with Crippen molar-refractivity contribution in [2.24, 2.45) is 0 Å². The Hall–Kier alpha value is -2.95. The van der Waals surface area contributed by atoms with Gasteiger partial charge in [0.1, 0.15) is 11.5 Å². The normalized spacial score (nSPS) is 20.1. The number of anilines is 1. The standard InChI is InChI=1S/C24H29N3O6S/c1-3-33-20-6-4-18(5-7-20)27-23(28)16-22(24(27)29)25-17-12-14-26(15-13-17)34(30,31)21-10-8-19(32-2)9-11-21/h4-11,17,22,25H,3,12-16H2,1-2H3/t22-/m1/s1. The van der Waals surface area contributed by atoms with E-state index in [2.05, 4.69) is 5.32 Å². The highest BCUT2D eigenvalue weighted by molar-refractivity contribution is 7.89. The minimum atomic E-state index is -3.60. The lowest BCUT2D eigenvalue weighted by Crippen LogP contribution is -2.49. The molecule has 1 atom stereocenters. The van der Waals surface area contributed by atoms with E-state index in [4.69, 9.17) is 9.47 Å². The van der Waals surface area contributed by atoms with E-state index in [1.807, 2.05) is 6.92 Å². The highest BCUT2D eigenvalue weighted by Gasteiger charge is 2.41. The quantitative estimate of drug-likeness (QED) is 0.569. The lowest BCUT2D eigenvalue weighted by atomic mass is 10.1. The molecule has 10 heteroatoms. The molecule has 2 aromatic rings. The number of rotatable bonds is 8. The Kier molecular flexibility index (Phi) is 7.20. The molecule has 0 aliphatic carbocycles. The fraction of sp³-hybridized carbons (Fsp3) is 0.417. The monoisotopic (exact) mass is 487 g/mol. The van der Waals surface area contributed by atoms with Crippen molar-refractivity contribution in [3.63, 3.8) is 0 Å². The summed E-state index contributed by atoms with van der Waals surface area (Å²) in [6, 6.07) is 12.5. The molecule has 2 aliphatic heterocycles. The van der Waals surface area contributed by atoms with Crippen LogP contribution in [-0.4, -0.2) is 63.4 Å². The van der Waals surface area contributed by atoms with Crippen molar-refractivity contribution < 1.29 is 27.5 Å². The minimum absolute atomic E-state index is 0.0515. The van der Waals surface area contributed by atoms with Crippen LogP contribution in [0.15, 0.2) is 53.4 Å². The van der Waals surface area contributed by atoms with E-state index >= 15 is 0 Å². The molecule has 182 valence electrons. The van der Waals surface area contributed by atoms with Gasteiger partial charge in [-0.3, -0.25) is 9.59 Å². The molecule has 1 N–H and O–H groups in total. The SMILES string of the molecule is CCOc1ccc(N2C(=O)C[C@@H](NC3CCN(S(=O)(=O)c4ccc(OC)cc4)CC3)C2=O)cc1. The number of benzene rings is 2. The molecule has 0 spiro atoms. The molecular weight excluding hydrogens is 458 g/mol. The van der Waals surface area contributed by atoms with Crippen LogP contribution in [0, 0.1) is 0 Å². The largest absolute Gasteiger partial charge is 0.497 e. The molecule has 2 saturated heterocycles. The number of methoxy groups -OCH3 is 1. The molecular formula is C24H29N3O6S. The van der Waals surface area contributed by atoms with E-state index in [1.54, 1.807) is 36.4 Å². The second kappa shape index (κ2) is 10.1. The maximum Gasteiger partial charge on any atom is 0.251 e. The lowest BCUT2D eigenvalue weighted by molar-refractivity contribution is -0.121. The minimum Gasteiger partial charge on any atom is -0.497 e. The zero-order chi connectivity index (χ0) is 24.3. The molecule has 0 bridgehead atoms. The highest BCUT2D eigenvalue weighted by Crippen LogP contribution is 2.27. The number of amides is 2. The number of ether oxygens (including phenoxy) is 2. The average Bonchev–Trinajstić information content (AvgIpc) is 3.12. The molecule has 0 aromatic heterocycles. The summed E-state index contributed by atoms with van der Waals surface area (Å²) in [5.41, 5.74) is 0.517. The fourth-order valence-electron chi connectivity index (χ4n) is 4.34. The van der Waals surface area contributed by atoms with Crippen molar-refractivity contribution in [2.45, 2.75) is 43.2 Å². The zero-order valence-electron chi connectivity index (χ0n) is 19.3. The molecule has 2 heterocycles.